The van der Waals surface area contributed by atoms with Gasteiger partial charge in [-0.05, 0) is 35.7 Å². The summed E-state index contributed by atoms with van der Waals surface area (Å²) in [5.74, 6) is 0.940. The van der Waals surface area contributed by atoms with Crippen molar-refractivity contribution in [2.45, 2.75) is 32.4 Å². The maximum atomic E-state index is 10.1. The van der Waals surface area contributed by atoms with Gasteiger partial charge in [0.1, 0.15) is 10.4 Å². The Kier molecular flexibility index (Phi) is 2.99. The fourth-order valence-electron chi connectivity index (χ4n) is 2.48. The van der Waals surface area contributed by atoms with E-state index in [1.54, 1.807) is 0 Å². The van der Waals surface area contributed by atoms with Crippen LogP contribution in [0.3, 0.4) is 0 Å². The number of halogens is 1. The van der Waals surface area contributed by atoms with Gasteiger partial charge in [-0.25, -0.2) is 4.98 Å². The molecule has 1 N–H and O–H groups in total. The summed E-state index contributed by atoms with van der Waals surface area (Å²) in [5.41, 5.74) is 3.25. The standard InChI is InChI=1S/C14H15BrN2O/c1-9-4-6-10(7-5-9)14-16-13(15)12-11(18)3-2-8-17(12)14/h4-7,11,18H,2-3,8H2,1H3. The van der Waals surface area contributed by atoms with E-state index in [1.165, 1.54) is 5.56 Å². The molecule has 0 saturated heterocycles. The molecule has 1 aromatic heterocycles. The summed E-state index contributed by atoms with van der Waals surface area (Å²) in [7, 11) is 0. The molecule has 2 aromatic rings. The highest BCUT2D eigenvalue weighted by Gasteiger charge is 2.25. The zero-order chi connectivity index (χ0) is 12.7. The van der Waals surface area contributed by atoms with Crippen LogP contribution in [-0.4, -0.2) is 14.7 Å². The summed E-state index contributed by atoms with van der Waals surface area (Å²) >= 11 is 3.46. The van der Waals surface area contributed by atoms with E-state index >= 15 is 0 Å². The van der Waals surface area contributed by atoms with Gasteiger partial charge in [-0.1, -0.05) is 29.8 Å². The highest BCUT2D eigenvalue weighted by molar-refractivity contribution is 9.10. The van der Waals surface area contributed by atoms with Gasteiger partial charge in [0, 0.05) is 12.1 Å². The van der Waals surface area contributed by atoms with Crippen LogP contribution in [0.15, 0.2) is 28.9 Å². The van der Waals surface area contributed by atoms with Crippen LogP contribution in [0.1, 0.15) is 30.2 Å². The lowest BCUT2D eigenvalue weighted by Crippen LogP contribution is -2.15. The highest BCUT2D eigenvalue weighted by Crippen LogP contribution is 2.35. The molecule has 2 heterocycles. The largest absolute Gasteiger partial charge is 0.387 e. The Hall–Kier alpha value is -1.13. The zero-order valence-electron chi connectivity index (χ0n) is 10.2. The van der Waals surface area contributed by atoms with Crippen LogP contribution in [0.5, 0.6) is 0 Å². The first-order valence-corrected chi connectivity index (χ1v) is 6.97. The van der Waals surface area contributed by atoms with E-state index in [0.29, 0.717) is 0 Å². The molecule has 0 saturated carbocycles. The lowest BCUT2D eigenvalue weighted by molar-refractivity contribution is 0.138. The quantitative estimate of drug-likeness (QED) is 0.876. The molecule has 1 unspecified atom stereocenters. The molecule has 4 heteroatoms. The number of hydrogen-bond donors (Lipinski definition) is 1. The summed E-state index contributed by atoms with van der Waals surface area (Å²) in [6.45, 7) is 3.00. The molecule has 0 amide bonds. The number of aromatic nitrogens is 2. The first-order valence-electron chi connectivity index (χ1n) is 6.18. The Morgan fingerprint density at radius 2 is 2.06 bits per heavy atom. The molecule has 1 aliphatic rings. The number of aliphatic hydroxyl groups excluding tert-OH is 1. The number of imidazole rings is 1. The van der Waals surface area contributed by atoms with Crippen molar-refractivity contribution in [1.82, 2.24) is 9.55 Å². The zero-order valence-corrected chi connectivity index (χ0v) is 11.8. The van der Waals surface area contributed by atoms with Gasteiger partial charge >= 0.3 is 0 Å². The Balaban J connectivity index is 2.13. The second-order valence-corrected chi connectivity index (χ2v) is 5.54. The van der Waals surface area contributed by atoms with Gasteiger partial charge in [-0.2, -0.15) is 0 Å². The number of aliphatic hydroxyl groups is 1. The first kappa shape index (κ1) is 11.9. The van der Waals surface area contributed by atoms with Crippen LogP contribution >= 0.6 is 15.9 Å². The third-order valence-electron chi connectivity index (χ3n) is 3.45. The van der Waals surface area contributed by atoms with E-state index in [4.69, 9.17) is 0 Å². The van der Waals surface area contributed by atoms with Gasteiger partial charge in [0.05, 0.1) is 11.8 Å². The molecule has 0 fully saturated rings. The van der Waals surface area contributed by atoms with E-state index in [1.807, 2.05) is 0 Å². The molecular formula is C14H15BrN2O. The van der Waals surface area contributed by atoms with Gasteiger partial charge in [0.15, 0.2) is 0 Å². The minimum Gasteiger partial charge on any atom is -0.387 e. The second-order valence-electron chi connectivity index (χ2n) is 4.79. The Labute approximate surface area is 115 Å². The predicted octanol–water partition coefficient (Wildman–Crippen LogP) is 3.45. The molecule has 1 aliphatic heterocycles. The molecule has 94 valence electrons. The normalized spacial score (nSPS) is 18.7. The summed E-state index contributed by atoms with van der Waals surface area (Å²) in [5, 5.41) is 10.1. The predicted molar refractivity (Wildman–Crippen MR) is 74.3 cm³/mol. The van der Waals surface area contributed by atoms with E-state index in [0.717, 1.165) is 41.1 Å². The molecule has 0 aliphatic carbocycles. The second kappa shape index (κ2) is 4.52. The molecular weight excluding hydrogens is 292 g/mol. The van der Waals surface area contributed by atoms with Gasteiger partial charge < -0.3 is 9.67 Å². The van der Waals surface area contributed by atoms with E-state index in [9.17, 15) is 5.11 Å². The van der Waals surface area contributed by atoms with Crippen LogP contribution < -0.4 is 0 Å². The van der Waals surface area contributed by atoms with Gasteiger partial charge in [0.25, 0.3) is 0 Å². The fourth-order valence-corrected chi connectivity index (χ4v) is 3.13. The van der Waals surface area contributed by atoms with Crippen molar-refractivity contribution in [2.24, 2.45) is 0 Å². The molecule has 0 bridgehead atoms. The number of fused-ring (bicyclic) bond motifs is 1. The summed E-state index contributed by atoms with van der Waals surface area (Å²) < 4.78 is 2.90. The van der Waals surface area contributed by atoms with Crippen molar-refractivity contribution in [3.63, 3.8) is 0 Å². The van der Waals surface area contributed by atoms with Gasteiger partial charge in [-0.3, -0.25) is 0 Å². The average Bonchev–Trinajstić information content (AvgIpc) is 2.69. The van der Waals surface area contributed by atoms with Gasteiger partial charge in [-0.15, -0.1) is 0 Å². The third kappa shape index (κ3) is 1.89. The number of rotatable bonds is 1. The Morgan fingerprint density at radius 3 is 2.78 bits per heavy atom. The molecule has 0 radical (unpaired) electrons. The monoisotopic (exact) mass is 306 g/mol. The molecule has 1 atom stereocenters. The summed E-state index contributed by atoms with van der Waals surface area (Å²) in [6.07, 6.45) is 1.41. The van der Waals surface area contributed by atoms with Crippen LogP contribution in [-0.2, 0) is 6.54 Å². The smallest absolute Gasteiger partial charge is 0.141 e. The van der Waals surface area contributed by atoms with Crippen molar-refractivity contribution >= 4 is 15.9 Å². The minimum atomic E-state index is -0.403. The molecule has 3 nitrogen and oxygen atoms in total. The Bertz CT molecular complexity index is 574. The number of nitrogens with zero attached hydrogens (tertiary/aromatic N) is 2. The third-order valence-corrected chi connectivity index (χ3v) is 4.03. The van der Waals surface area contributed by atoms with Crippen molar-refractivity contribution < 1.29 is 5.11 Å². The molecule has 3 rings (SSSR count). The van der Waals surface area contributed by atoms with Crippen LogP contribution in [0, 0.1) is 6.92 Å². The van der Waals surface area contributed by atoms with Crippen LogP contribution in [0.2, 0.25) is 0 Å². The number of benzene rings is 1. The maximum absolute atomic E-state index is 10.1. The van der Waals surface area contributed by atoms with Crippen LogP contribution in [0.25, 0.3) is 11.4 Å². The average molecular weight is 307 g/mol. The highest BCUT2D eigenvalue weighted by atomic mass is 79.9. The van der Waals surface area contributed by atoms with Gasteiger partial charge in [0.2, 0.25) is 0 Å². The minimum absolute atomic E-state index is 0.403. The topological polar surface area (TPSA) is 38.0 Å². The summed E-state index contributed by atoms with van der Waals surface area (Å²) in [4.78, 5) is 4.56. The lowest BCUT2D eigenvalue weighted by Gasteiger charge is -2.21. The lowest BCUT2D eigenvalue weighted by atomic mass is 10.1. The van der Waals surface area contributed by atoms with Crippen molar-refractivity contribution in [3.05, 3.63) is 40.1 Å². The fraction of sp³-hybridized carbons (Fsp3) is 0.357. The molecule has 18 heavy (non-hydrogen) atoms. The van der Waals surface area contributed by atoms with Crippen LogP contribution in [0.4, 0.5) is 0 Å². The SMILES string of the molecule is Cc1ccc(-c2nc(Br)c3n2CCCC3O)cc1. The van der Waals surface area contributed by atoms with Crippen molar-refractivity contribution in [2.75, 3.05) is 0 Å². The van der Waals surface area contributed by atoms with E-state index in [2.05, 4.69) is 56.7 Å². The summed E-state index contributed by atoms with van der Waals surface area (Å²) in [6, 6.07) is 8.34. The number of hydrogen-bond acceptors (Lipinski definition) is 2. The first-order chi connectivity index (χ1) is 8.66. The van der Waals surface area contributed by atoms with Crippen molar-refractivity contribution in [3.8, 4) is 11.4 Å². The molecule has 1 aromatic carbocycles. The van der Waals surface area contributed by atoms with E-state index in [-0.39, 0.29) is 0 Å². The molecule has 0 spiro atoms. The number of aryl methyl sites for hydroxylation is 1. The Morgan fingerprint density at radius 1 is 1.33 bits per heavy atom. The van der Waals surface area contributed by atoms with Crippen molar-refractivity contribution in [1.29, 1.82) is 0 Å². The van der Waals surface area contributed by atoms with E-state index < -0.39 is 6.10 Å². The maximum Gasteiger partial charge on any atom is 0.141 e.